The number of hydrogen-bond donors (Lipinski definition) is 0. The Balaban J connectivity index is 1.58. The fourth-order valence-corrected chi connectivity index (χ4v) is 5.92. The van der Waals surface area contributed by atoms with Crippen LogP contribution in [0, 0.1) is 0 Å². The molecular formula is C27H32Cl2N4O5S. The van der Waals surface area contributed by atoms with E-state index >= 15 is 0 Å². The van der Waals surface area contributed by atoms with Gasteiger partial charge < -0.3 is 9.64 Å². The number of amides is 2. The van der Waals surface area contributed by atoms with E-state index in [4.69, 9.17) is 27.9 Å². The molecule has 0 aromatic heterocycles. The van der Waals surface area contributed by atoms with Gasteiger partial charge in [-0.3, -0.25) is 14.7 Å². The summed E-state index contributed by atoms with van der Waals surface area (Å²) in [6, 6.07) is 11.9. The van der Waals surface area contributed by atoms with Crippen molar-refractivity contribution in [3.8, 4) is 0 Å². The molecule has 2 amide bonds. The Morgan fingerprint density at radius 3 is 2.28 bits per heavy atom. The quantitative estimate of drug-likeness (QED) is 0.408. The first-order valence-electron chi connectivity index (χ1n) is 12.2. The first-order valence-corrected chi connectivity index (χ1v) is 14.4. The van der Waals surface area contributed by atoms with E-state index in [1.54, 1.807) is 13.1 Å². The average Bonchev–Trinajstić information content (AvgIpc) is 3.33. The second-order valence-electron chi connectivity index (χ2n) is 9.97. The number of aliphatic imine (C=N–C) groups is 1. The van der Waals surface area contributed by atoms with Gasteiger partial charge in [0.25, 0.3) is 0 Å². The molecule has 0 N–H and O–H groups in total. The van der Waals surface area contributed by atoms with E-state index in [0.29, 0.717) is 25.5 Å². The number of ether oxygens (including phenoxy) is 1. The summed E-state index contributed by atoms with van der Waals surface area (Å²) >= 11 is 12.1. The van der Waals surface area contributed by atoms with Crippen molar-refractivity contribution in [1.82, 2.24) is 14.1 Å². The number of carbonyl (C=O) groups is 2. The lowest BCUT2D eigenvalue weighted by molar-refractivity contribution is -0.125. The summed E-state index contributed by atoms with van der Waals surface area (Å²) in [5, 5.41) is 0.0513. The van der Waals surface area contributed by atoms with Crippen LogP contribution >= 0.6 is 23.2 Å². The number of carbonyl (C=O) groups excluding carboxylic acids is 2. The SMILES string of the molecule is CN(Cc1ccc(C2=NCCN2C(=O)OC(C)(C)C)cc1)C(=O)C=CCN(C)S(=O)(=O)c1c(Cl)cccc1Cl. The van der Waals surface area contributed by atoms with E-state index in [2.05, 4.69) is 4.99 Å². The van der Waals surface area contributed by atoms with E-state index in [-0.39, 0.29) is 27.4 Å². The van der Waals surface area contributed by atoms with Crippen LogP contribution < -0.4 is 0 Å². The number of likely N-dealkylation sites (N-methyl/N-ethyl adjacent to an activating group) is 2. The predicted octanol–water partition coefficient (Wildman–Crippen LogP) is 4.83. The summed E-state index contributed by atoms with van der Waals surface area (Å²) in [5.41, 5.74) is 1.05. The lowest BCUT2D eigenvalue weighted by Gasteiger charge is -2.25. The van der Waals surface area contributed by atoms with Gasteiger partial charge in [0.2, 0.25) is 15.9 Å². The van der Waals surface area contributed by atoms with Crippen LogP contribution in [0.5, 0.6) is 0 Å². The van der Waals surface area contributed by atoms with Crippen LogP contribution in [0.4, 0.5) is 4.79 Å². The number of sulfonamides is 1. The summed E-state index contributed by atoms with van der Waals surface area (Å²) in [6.45, 7) is 6.69. The topological polar surface area (TPSA) is 99.6 Å². The van der Waals surface area contributed by atoms with Gasteiger partial charge in [0.15, 0.2) is 0 Å². The van der Waals surface area contributed by atoms with Gasteiger partial charge in [0.05, 0.1) is 23.1 Å². The van der Waals surface area contributed by atoms with Gasteiger partial charge in [-0.05, 0) is 38.5 Å². The minimum absolute atomic E-state index is 0.0257. The van der Waals surface area contributed by atoms with Gasteiger partial charge in [0.1, 0.15) is 16.3 Å². The van der Waals surface area contributed by atoms with Gasteiger partial charge in [-0.15, -0.1) is 0 Å². The maximum absolute atomic E-state index is 12.9. The van der Waals surface area contributed by atoms with Crippen molar-refractivity contribution in [2.45, 2.75) is 37.8 Å². The first-order chi connectivity index (χ1) is 18.2. The maximum Gasteiger partial charge on any atom is 0.416 e. The second-order valence-corrected chi connectivity index (χ2v) is 12.8. The van der Waals surface area contributed by atoms with Gasteiger partial charge in [-0.2, -0.15) is 4.31 Å². The molecule has 1 aliphatic rings. The fraction of sp³-hybridized carbons (Fsp3) is 0.370. The smallest absolute Gasteiger partial charge is 0.416 e. The van der Waals surface area contributed by atoms with E-state index in [1.807, 2.05) is 45.0 Å². The van der Waals surface area contributed by atoms with Gasteiger partial charge >= 0.3 is 6.09 Å². The first kappa shape index (κ1) is 30.6. The van der Waals surface area contributed by atoms with Crippen molar-refractivity contribution in [2.24, 2.45) is 4.99 Å². The molecule has 12 heteroatoms. The molecule has 2 aromatic carbocycles. The summed E-state index contributed by atoms with van der Waals surface area (Å²) < 4.78 is 32.3. The lowest BCUT2D eigenvalue weighted by Crippen LogP contribution is -2.39. The summed E-state index contributed by atoms with van der Waals surface area (Å²) in [4.78, 5) is 32.5. The van der Waals surface area contributed by atoms with Crippen molar-refractivity contribution in [1.29, 1.82) is 0 Å². The van der Waals surface area contributed by atoms with Gasteiger partial charge in [-0.1, -0.05) is 59.6 Å². The molecule has 3 rings (SSSR count). The number of nitrogens with zero attached hydrogens (tertiary/aromatic N) is 4. The van der Waals surface area contributed by atoms with Crippen LogP contribution in [0.15, 0.2) is 64.5 Å². The highest BCUT2D eigenvalue weighted by atomic mass is 35.5. The molecule has 0 fully saturated rings. The Morgan fingerprint density at radius 2 is 1.69 bits per heavy atom. The summed E-state index contributed by atoms with van der Waals surface area (Å²) in [6.07, 6.45) is 2.35. The lowest BCUT2D eigenvalue weighted by atomic mass is 10.1. The third-order valence-corrected chi connectivity index (χ3v) is 8.45. The Morgan fingerprint density at radius 1 is 1.08 bits per heavy atom. The molecule has 1 aliphatic heterocycles. The molecule has 1 heterocycles. The van der Waals surface area contributed by atoms with Crippen molar-refractivity contribution in [3.05, 3.63) is 75.8 Å². The number of hydrogen-bond acceptors (Lipinski definition) is 6. The third kappa shape index (κ3) is 7.82. The maximum atomic E-state index is 12.9. The van der Waals surface area contributed by atoms with Crippen LogP contribution in [0.2, 0.25) is 10.0 Å². The van der Waals surface area contributed by atoms with Crippen molar-refractivity contribution in [2.75, 3.05) is 33.7 Å². The van der Waals surface area contributed by atoms with E-state index in [0.717, 1.165) is 15.4 Å². The molecular weight excluding hydrogens is 563 g/mol. The van der Waals surface area contributed by atoms with E-state index < -0.39 is 21.7 Å². The highest BCUT2D eigenvalue weighted by Crippen LogP contribution is 2.31. The number of halogens is 2. The zero-order valence-electron chi connectivity index (χ0n) is 22.5. The van der Waals surface area contributed by atoms with Crippen LogP contribution in [-0.4, -0.2) is 79.7 Å². The average molecular weight is 596 g/mol. The highest BCUT2D eigenvalue weighted by molar-refractivity contribution is 7.89. The van der Waals surface area contributed by atoms with Crippen molar-refractivity contribution < 1.29 is 22.7 Å². The Bertz CT molecular complexity index is 1370. The predicted molar refractivity (Wildman–Crippen MR) is 153 cm³/mol. The van der Waals surface area contributed by atoms with Crippen LogP contribution in [0.3, 0.4) is 0 Å². The molecule has 39 heavy (non-hydrogen) atoms. The largest absolute Gasteiger partial charge is 0.443 e. The molecule has 0 saturated carbocycles. The van der Waals surface area contributed by atoms with E-state index in [1.165, 1.54) is 41.1 Å². The van der Waals surface area contributed by atoms with Crippen molar-refractivity contribution in [3.63, 3.8) is 0 Å². The van der Waals surface area contributed by atoms with Crippen molar-refractivity contribution >= 4 is 51.1 Å². The molecule has 0 atom stereocenters. The molecule has 0 saturated heterocycles. The summed E-state index contributed by atoms with van der Waals surface area (Å²) in [5.74, 6) is 0.261. The van der Waals surface area contributed by atoms with Gasteiger partial charge in [0, 0.05) is 38.8 Å². The number of benzene rings is 2. The molecule has 0 unspecified atom stereocenters. The third-order valence-electron chi connectivity index (χ3n) is 5.67. The standard InChI is InChI=1S/C27H32Cl2N4O5S/c1-27(2,3)38-26(35)33-17-15-30-25(33)20-13-11-19(12-14-20)18-31(4)23(34)10-7-16-32(5)39(36,37)24-21(28)8-6-9-22(24)29/h6-14H,15-18H2,1-5H3. The second kappa shape index (κ2) is 12.5. The van der Waals surface area contributed by atoms with Gasteiger partial charge in [-0.25, -0.2) is 13.2 Å². The molecule has 9 nitrogen and oxygen atoms in total. The normalized spacial score (nSPS) is 14.2. The summed E-state index contributed by atoms with van der Waals surface area (Å²) in [7, 11) is -0.914. The monoisotopic (exact) mass is 594 g/mol. The minimum Gasteiger partial charge on any atom is -0.443 e. The van der Waals surface area contributed by atoms with E-state index in [9.17, 15) is 18.0 Å². The Kier molecular flexibility index (Phi) is 9.82. The molecule has 0 bridgehead atoms. The number of rotatable bonds is 8. The zero-order chi connectivity index (χ0) is 29.0. The van der Waals surface area contributed by atoms with Crippen LogP contribution in [0.1, 0.15) is 31.9 Å². The van der Waals surface area contributed by atoms with Crippen LogP contribution in [0.25, 0.3) is 0 Å². The molecule has 0 spiro atoms. The Labute approximate surface area is 239 Å². The Hall–Kier alpha value is -2.92. The molecule has 2 aromatic rings. The highest BCUT2D eigenvalue weighted by Gasteiger charge is 2.29. The minimum atomic E-state index is -3.95. The molecule has 0 aliphatic carbocycles. The fourth-order valence-electron chi connectivity index (χ4n) is 3.71. The molecule has 210 valence electrons. The van der Waals surface area contributed by atoms with Crippen LogP contribution in [-0.2, 0) is 26.1 Å². The molecule has 0 radical (unpaired) electrons. The number of amidine groups is 1. The zero-order valence-corrected chi connectivity index (χ0v) is 24.8.